The molecule has 0 unspecified atom stereocenters. The van der Waals surface area contributed by atoms with Crippen LogP contribution in [0.15, 0.2) is 30.5 Å². The van der Waals surface area contributed by atoms with E-state index in [9.17, 15) is 9.59 Å². The van der Waals surface area contributed by atoms with Crippen LogP contribution in [0.4, 0.5) is 0 Å². The van der Waals surface area contributed by atoms with Crippen LogP contribution in [0, 0.1) is 0 Å². The lowest BCUT2D eigenvalue weighted by Crippen LogP contribution is -2.28. The summed E-state index contributed by atoms with van der Waals surface area (Å²) in [6, 6.07) is 7.48. The van der Waals surface area contributed by atoms with Crippen molar-refractivity contribution in [3.8, 4) is 0 Å². The Morgan fingerprint density at radius 1 is 1.16 bits per heavy atom. The number of hydrogen-bond acceptors (Lipinski definition) is 4. The molecule has 0 fully saturated rings. The van der Waals surface area contributed by atoms with Gasteiger partial charge in [-0.2, -0.15) is 0 Å². The number of ether oxygens (including phenoxy) is 2. The minimum absolute atomic E-state index is 0.0919. The minimum Gasteiger partial charge on any atom is -0.465 e. The zero-order valence-corrected chi connectivity index (χ0v) is 14.9. The topological polar surface area (TPSA) is 69.6 Å². The molecule has 1 N–H and O–H groups in total. The molecule has 0 aliphatic rings. The molecule has 0 atom stereocenters. The third kappa shape index (κ3) is 5.32. The Labute approximate surface area is 148 Å². The lowest BCUT2D eigenvalue weighted by atomic mass is 10.2. The van der Waals surface area contributed by atoms with E-state index in [-0.39, 0.29) is 12.5 Å². The highest BCUT2D eigenvalue weighted by molar-refractivity contribution is 6.04. The number of hydrogen-bond donors (Lipinski definition) is 1. The van der Waals surface area contributed by atoms with Gasteiger partial charge in [0.25, 0.3) is 0 Å². The van der Waals surface area contributed by atoms with Crippen molar-refractivity contribution in [1.29, 1.82) is 0 Å². The number of fused-ring (bicyclic) bond motifs is 1. The number of esters is 1. The average Bonchev–Trinajstić information content (AvgIpc) is 2.99. The normalized spacial score (nSPS) is 10.8. The Kier molecular flexibility index (Phi) is 7.47. The number of carbonyl (C=O) groups excluding carboxylic acids is 2. The summed E-state index contributed by atoms with van der Waals surface area (Å²) in [5.41, 5.74) is 1.30. The fourth-order valence-electron chi connectivity index (χ4n) is 2.61. The number of carbonyl (C=O) groups is 2. The number of para-hydroxylation sites is 1. The van der Waals surface area contributed by atoms with Gasteiger partial charge in [-0.15, -0.1) is 0 Å². The number of nitrogens with one attached hydrogen (secondary N) is 1. The van der Waals surface area contributed by atoms with Crippen molar-refractivity contribution in [2.45, 2.75) is 32.7 Å². The summed E-state index contributed by atoms with van der Waals surface area (Å²) in [7, 11) is 1.35. The summed E-state index contributed by atoms with van der Waals surface area (Å²) in [5, 5.41) is 3.67. The van der Waals surface area contributed by atoms with Gasteiger partial charge in [0, 0.05) is 36.9 Å². The summed E-state index contributed by atoms with van der Waals surface area (Å²) in [4.78, 5) is 24.0. The molecule has 0 saturated carbocycles. The van der Waals surface area contributed by atoms with Crippen molar-refractivity contribution in [2.24, 2.45) is 0 Å². The molecule has 0 saturated heterocycles. The van der Waals surface area contributed by atoms with E-state index in [1.54, 1.807) is 10.8 Å². The van der Waals surface area contributed by atoms with Crippen LogP contribution >= 0.6 is 0 Å². The van der Waals surface area contributed by atoms with Crippen LogP contribution in [0.3, 0.4) is 0 Å². The number of amides is 1. The Morgan fingerprint density at radius 2 is 1.92 bits per heavy atom. The first-order chi connectivity index (χ1) is 12.2. The van der Waals surface area contributed by atoms with Crippen LogP contribution in [0.1, 0.15) is 36.5 Å². The maximum Gasteiger partial charge on any atom is 0.340 e. The molecule has 1 heterocycles. The van der Waals surface area contributed by atoms with E-state index in [0.717, 1.165) is 36.8 Å². The molecule has 0 aliphatic carbocycles. The highest BCUT2D eigenvalue weighted by Crippen LogP contribution is 2.21. The summed E-state index contributed by atoms with van der Waals surface area (Å²) in [6.07, 6.45) is 4.64. The third-order valence-corrected chi connectivity index (χ3v) is 3.94. The quantitative estimate of drug-likeness (QED) is 0.530. The van der Waals surface area contributed by atoms with Crippen LogP contribution < -0.4 is 5.32 Å². The zero-order chi connectivity index (χ0) is 18.1. The molecule has 0 spiro atoms. The second-order valence-electron chi connectivity index (χ2n) is 5.85. The van der Waals surface area contributed by atoms with Crippen molar-refractivity contribution in [3.63, 3.8) is 0 Å². The van der Waals surface area contributed by atoms with Crippen LogP contribution in [0.5, 0.6) is 0 Å². The third-order valence-electron chi connectivity index (χ3n) is 3.94. The molecule has 2 aromatic rings. The Hall–Kier alpha value is -2.34. The predicted octanol–water partition coefficient (Wildman–Crippen LogP) is 2.75. The molecule has 136 valence electrons. The molecule has 1 aromatic heterocycles. The van der Waals surface area contributed by atoms with Crippen LogP contribution in [-0.2, 0) is 20.8 Å². The summed E-state index contributed by atoms with van der Waals surface area (Å²) < 4.78 is 12.1. The van der Waals surface area contributed by atoms with Crippen LogP contribution in [-0.4, -0.2) is 43.3 Å². The lowest BCUT2D eigenvalue weighted by Gasteiger charge is -2.08. The fourth-order valence-corrected chi connectivity index (χ4v) is 2.61. The van der Waals surface area contributed by atoms with Crippen molar-refractivity contribution in [3.05, 3.63) is 36.0 Å². The van der Waals surface area contributed by atoms with Gasteiger partial charge in [0.15, 0.2) is 0 Å². The van der Waals surface area contributed by atoms with Gasteiger partial charge >= 0.3 is 5.97 Å². The van der Waals surface area contributed by atoms with Gasteiger partial charge in [0.1, 0.15) is 6.54 Å². The zero-order valence-electron chi connectivity index (χ0n) is 14.9. The fraction of sp³-hybridized carbons (Fsp3) is 0.474. The van der Waals surface area contributed by atoms with Gasteiger partial charge < -0.3 is 19.4 Å². The molecular weight excluding hydrogens is 320 g/mol. The predicted molar refractivity (Wildman–Crippen MR) is 96.6 cm³/mol. The van der Waals surface area contributed by atoms with Gasteiger partial charge in [-0.25, -0.2) is 4.79 Å². The van der Waals surface area contributed by atoms with E-state index in [2.05, 4.69) is 12.2 Å². The van der Waals surface area contributed by atoms with E-state index < -0.39 is 5.97 Å². The number of unbranched alkanes of at least 4 members (excludes halogenated alkanes) is 1. The molecule has 1 amide bonds. The Bertz CT molecular complexity index is 709. The molecule has 25 heavy (non-hydrogen) atoms. The van der Waals surface area contributed by atoms with Crippen molar-refractivity contribution in [1.82, 2.24) is 9.88 Å². The van der Waals surface area contributed by atoms with E-state index in [1.807, 2.05) is 24.3 Å². The van der Waals surface area contributed by atoms with E-state index in [0.29, 0.717) is 18.7 Å². The number of rotatable bonds is 10. The van der Waals surface area contributed by atoms with Gasteiger partial charge in [0.05, 0.1) is 12.7 Å². The van der Waals surface area contributed by atoms with Crippen molar-refractivity contribution >= 4 is 22.8 Å². The molecule has 2 rings (SSSR count). The largest absolute Gasteiger partial charge is 0.465 e. The molecule has 6 heteroatoms. The Morgan fingerprint density at radius 3 is 2.68 bits per heavy atom. The number of methoxy groups -OCH3 is 1. The lowest BCUT2D eigenvalue weighted by molar-refractivity contribution is -0.121. The average molecular weight is 346 g/mol. The van der Waals surface area contributed by atoms with Crippen LogP contribution in [0.25, 0.3) is 10.9 Å². The highest BCUT2D eigenvalue weighted by Gasteiger charge is 2.16. The molecule has 6 nitrogen and oxygen atoms in total. The van der Waals surface area contributed by atoms with Crippen molar-refractivity contribution in [2.75, 3.05) is 26.9 Å². The molecule has 0 radical (unpaired) electrons. The first kappa shape index (κ1) is 19.0. The van der Waals surface area contributed by atoms with Crippen molar-refractivity contribution < 1.29 is 19.1 Å². The van der Waals surface area contributed by atoms with E-state index >= 15 is 0 Å². The molecule has 0 aliphatic heterocycles. The SMILES string of the molecule is CCCCOCCCNC(=O)Cn1cc(C(=O)OC)c2ccccc21. The first-order valence-electron chi connectivity index (χ1n) is 8.68. The van der Waals surface area contributed by atoms with E-state index in [4.69, 9.17) is 9.47 Å². The second-order valence-corrected chi connectivity index (χ2v) is 5.85. The summed E-state index contributed by atoms with van der Waals surface area (Å²) in [5.74, 6) is -0.495. The Balaban J connectivity index is 1.89. The molecule has 0 bridgehead atoms. The maximum atomic E-state index is 12.2. The van der Waals surface area contributed by atoms with Gasteiger partial charge in [-0.3, -0.25) is 4.79 Å². The van der Waals surface area contributed by atoms with Crippen LogP contribution in [0.2, 0.25) is 0 Å². The smallest absolute Gasteiger partial charge is 0.340 e. The standard InChI is InChI=1S/C19H26N2O4/c1-3-4-11-25-12-7-10-20-18(22)14-21-13-16(19(23)24-2)15-8-5-6-9-17(15)21/h5-6,8-9,13H,3-4,7,10-12,14H2,1-2H3,(H,20,22). The second kappa shape index (κ2) is 9.84. The molecular formula is C19H26N2O4. The number of aromatic nitrogens is 1. The highest BCUT2D eigenvalue weighted by atomic mass is 16.5. The molecule has 1 aromatic carbocycles. The van der Waals surface area contributed by atoms with Gasteiger partial charge in [-0.05, 0) is 18.9 Å². The summed E-state index contributed by atoms with van der Waals surface area (Å²) in [6.45, 7) is 4.29. The number of benzene rings is 1. The number of nitrogens with zero attached hydrogens (tertiary/aromatic N) is 1. The van der Waals surface area contributed by atoms with E-state index in [1.165, 1.54) is 7.11 Å². The minimum atomic E-state index is -0.403. The van der Waals surface area contributed by atoms with Gasteiger partial charge in [0.2, 0.25) is 5.91 Å². The maximum absolute atomic E-state index is 12.2. The summed E-state index contributed by atoms with van der Waals surface area (Å²) >= 11 is 0. The first-order valence-corrected chi connectivity index (χ1v) is 8.68. The monoisotopic (exact) mass is 346 g/mol. The van der Waals surface area contributed by atoms with Gasteiger partial charge in [-0.1, -0.05) is 31.5 Å².